The van der Waals surface area contributed by atoms with E-state index < -0.39 is 0 Å². The fraction of sp³-hybridized carbons (Fsp3) is 0.833. The number of aromatic nitrogens is 1. The maximum absolute atomic E-state index is 2.43. The Kier molecular flexibility index (Phi) is 20.3. The van der Waals surface area contributed by atoms with Crippen LogP contribution in [-0.2, 0) is 13.0 Å². The quantitative estimate of drug-likeness (QED) is 0.120. The van der Waals surface area contributed by atoms with Crippen molar-refractivity contribution in [2.45, 2.75) is 162 Å². The van der Waals surface area contributed by atoms with Crippen molar-refractivity contribution in [2.24, 2.45) is 0 Å². The summed E-state index contributed by atoms with van der Waals surface area (Å²) in [6.45, 7) is 5.79. The maximum Gasteiger partial charge on any atom is 0.171 e. The highest BCUT2D eigenvalue weighted by Crippen LogP contribution is 2.13. The lowest BCUT2D eigenvalue weighted by Crippen LogP contribution is -2.33. The zero-order valence-electron chi connectivity index (χ0n) is 21.5. The predicted octanol–water partition coefficient (Wildman–Crippen LogP) is 9.75. The summed E-state index contributed by atoms with van der Waals surface area (Å²) in [6, 6.07) is 4.58. The van der Waals surface area contributed by atoms with Crippen LogP contribution in [0.5, 0.6) is 0 Å². The minimum Gasteiger partial charge on any atom is -0.205 e. The van der Waals surface area contributed by atoms with Crippen LogP contribution in [-0.4, -0.2) is 0 Å². The molecule has 0 unspecified atom stereocenters. The van der Waals surface area contributed by atoms with E-state index in [1.54, 1.807) is 0 Å². The third-order valence-electron chi connectivity index (χ3n) is 6.76. The highest BCUT2D eigenvalue weighted by molar-refractivity contribution is 5.05. The first-order valence-electron chi connectivity index (χ1n) is 14.3. The van der Waals surface area contributed by atoms with Crippen LogP contribution in [0.15, 0.2) is 24.5 Å². The van der Waals surface area contributed by atoms with Gasteiger partial charge in [-0.2, -0.15) is 0 Å². The number of rotatable bonds is 23. The lowest BCUT2D eigenvalue weighted by molar-refractivity contribution is -0.697. The zero-order valence-corrected chi connectivity index (χ0v) is 21.5. The Morgan fingerprint density at radius 1 is 0.516 bits per heavy atom. The molecular formula is C30H56N+. The van der Waals surface area contributed by atoms with Gasteiger partial charge in [0, 0.05) is 18.1 Å². The summed E-state index contributed by atoms with van der Waals surface area (Å²) < 4.78 is 2.43. The van der Waals surface area contributed by atoms with Gasteiger partial charge in [0.15, 0.2) is 12.4 Å². The van der Waals surface area contributed by atoms with Gasteiger partial charge in [-0.15, -0.1) is 0 Å². The van der Waals surface area contributed by atoms with E-state index in [-0.39, 0.29) is 0 Å². The monoisotopic (exact) mass is 430 g/mol. The van der Waals surface area contributed by atoms with Gasteiger partial charge >= 0.3 is 0 Å². The third kappa shape index (κ3) is 18.4. The standard InChI is InChI=1S/C30H56N/c1-3-5-7-9-11-13-15-17-19-21-23-27-31-28-24-26-30(29-31)25-22-20-18-16-14-12-10-8-6-4-2/h24,26,28-29H,3-23,25,27H2,1-2H3/q+1. The van der Waals surface area contributed by atoms with Crippen LogP contribution in [0.1, 0.15) is 154 Å². The number of unbranched alkanes of at least 4 members (excludes halogenated alkanes) is 19. The van der Waals surface area contributed by atoms with E-state index in [2.05, 4.69) is 42.9 Å². The molecule has 0 radical (unpaired) electrons. The van der Waals surface area contributed by atoms with Gasteiger partial charge in [0.05, 0.1) is 0 Å². The highest BCUT2D eigenvalue weighted by Gasteiger charge is 2.03. The topological polar surface area (TPSA) is 3.88 Å². The molecule has 0 N–H and O–H groups in total. The number of pyridine rings is 1. The van der Waals surface area contributed by atoms with Gasteiger partial charge in [0.2, 0.25) is 0 Å². The molecule has 0 saturated heterocycles. The second-order valence-corrected chi connectivity index (χ2v) is 9.92. The summed E-state index contributed by atoms with van der Waals surface area (Å²) in [6.07, 6.45) is 35.8. The van der Waals surface area contributed by atoms with Gasteiger partial charge in [0.1, 0.15) is 6.54 Å². The Morgan fingerprint density at radius 3 is 1.42 bits per heavy atom. The van der Waals surface area contributed by atoms with Gasteiger partial charge in [-0.1, -0.05) is 129 Å². The summed E-state index contributed by atoms with van der Waals surface area (Å²) in [5, 5.41) is 0. The second-order valence-electron chi connectivity index (χ2n) is 9.92. The van der Waals surface area contributed by atoms with Crippen LogP contribution in [0.25, 0.3) is 0 Å². The van der Waals surface area contributed by atoms with Gasteiger partial charge in [0.25, 0.3) is 0 Å². The molecule has 1 heterocycles. The fourth-order valence-corrected chi connectivity index (χ4v) is 4.64. The molecule has 0 spiro atoms. The van der Waals surface area contributed by atoms with E-state index >= 15 is 0 Å². The van der Waals surface area contributed by atoms with Gasteiger partial charge < -0.3 is 0 Å². The van der Waals surface area contributed by atoms with Crippen molar-refractivity contribution in [3.05, 3.63) is 30.1 Å². The largest absolute Gasteiger partial charge is 0.205 e. The van der Waals surface area contributed by atoms with Crippen molar-refractivity contribution in [3.63, 3.8) is 0 Å². The molecule has 1 rings (SSSR count). The number of aryl methyl sites for hydroxylation is 2. The third-order valence-corrected chi connectivity index (χ3v) is 6.76. The zero-order chi connectivity index (χ0) is 22.2. The minimum atomic E-state index is 1.20. The molecule has 31 heavy (non-hydrogen) atoms. The molecule has 0 aromatic carbocycles. The lowest BCUT2D eigenvalue weighted by Gasteiger charge is -2.04. The summed E-state index contributed by atoms with van der Waals surface area (Å²) in [4.78, 5) is 0. The number of hydrogen-bond acceptors (Lipinski definition) is 0. The van der Waals surface area contributed by atoms with Crippen LogP contribution >= 0.6 is 0 Å². The summed E-state index contributed by atoms with van der Waals surface area (Å²) in [7, 11) is 0. The molecule has 0 bridgehead atoms. The molecule has 1 aromatic rings. The molecule has 0 aliphatic heterocycles. The Bertz CT molecular complexity index is 481. The normalized spacial score (nSPS) is 11.3. The predicted molar refractivity (Wildman–Crippen MR) is 139 cm³/mol. The van der Waals surface area contributed by atoms with Crippen LogP contribution in [0.2, 0.25) is 0 Å². The second kappa shape index (κ2) is 22.3. The highest BCUT2D eigenvalue weighted by atomic mass is 14.9. The molecular weight excluding hydrogens is 374 g/mol. The van der Waals surface area contributed by atoms with Crippen LogP contribution in [0.4, 0.5) is 0 Å². The van der Waals surface area contributed by atoms with Gasteiger partial charge in [-0.3, -0.25) is 0 Å². The number of nitrogens with zero attached hydrogens (tertiary/aromatic N) is 1. The molecule has 0 aliphatic carbocycles. The molecule has 0 amide bonds. The molecule has 1 nitrogen and oxygen atoms in total. The number of hydrogen-bond donors (Lipinski definition) is 0. The fourth-order valence-electron chi connectivity index (χ4n) is 4.64. The molecule has 1 aromatic heterocycles. The van der Waals surface area contributed by atoms with Crippen molar-refractivity contribution >= 4 is 0 Å². The molecule has 0 fully saturated rings. The summed E-state index contributed by atoms with van der Waals surface area (Å²) in [5.41, 5.74) is 1.53. The van der Waals surface area contributed by atoms with E-state index in [0.29, 0.717) is 0 Å². The van der Waals surface area contributed by atoms with Crippen LogP contribution in [0, 0.1) is 0 Å². The van der Waals surface area contributed by atoms with Crippen molar-refractivity contribution in [1.82, 2.24) is 0 Å². The molecule has 0 aliphatic rings. The van der Waals surface area contributed by atoms with Crippen molar-refractivity contribution in [1.29, 1.82) is 0 Å². The first kappa shape index (κ1) is 28.2. The smallest absolute Gasteiger partial charge is 0.171 e. The Hall–Kier alpha value is -0.850. The Balaban J connectivity index is 1.95. The van der Waals surface area contributed by atoms with Crippen molar-refractivity contribution < 1.29 is 4.57 Å². The Labute approximate surface area is 196 Å². The molecule has 0 saturated carbocycles. The van der Waals surface area contributed by atoms with Crippen LogP contribution in [0.3, 0.4) is 0 Å². The molecule has 180 valence electrons. The van der Waals surface area contributed by atoms with Gasteiger partial charge in [-0.25, -0.2) is 4.57 Å². The van der Waals surface area contributed by atoms with Gasteiger partial charge in [-0.05, 0) is 25.3 Å². The van der Waals surface area contributed by atoms with E-state index in [0.717, 1.165) is 0 Å². The maximum atomic E-state index is 2.43. The van der Waals surface area contributed by atoms with Crippen LogP contribution < -0.4 is 4.57 Å². The average Bonchev–Trinajstić information content (AvgIpc) is 2.79. The first-order chi connectivity index (χ1) is 15.4. The summed E-state index contributed by atoms with van der Waals surface area (Å²) in [5.74, 6) is 0. The SMILES string of the molecule is CCCCCCCCCCCCC[n+]1cccc(CCCCCCCCCCCC)c1. The summed E-state index contributed by atoms with van der Waals surface area (Å²) >= 11 is 0. The van der Waals surface area contributed by atoms with Crippen molar-refractivity contribution in [3.8, 4) is 0 Å². The van der Waals surface area contributed by atoms with E-state index in [1.165, 1.54) is 153 Å². The molecule has 0 atom stereocenters. The minimum absolute atomic E-state index is 1.20. The van der Waals surface area contributed by atoms with E-state index in [1.807, 2.05) is 0 Å². The lowest BCUT2D eigenvalue weighted by atomic mass is 10.0. The van der Waals surface area contributed by atoms with E-state index in [9.17, 15) is 0 Å². The van der Waals surface area contributed by atoms with E-state index in [4.69, 9.17) is 0 Å². The first-order valence-corrected chi connectivity index (χ1v) is 14.3. The van der Waals surface area contributed by atoms with Crippen molar-refractivity contribution in [2.75, 3.05) is 0 Å². The Morgan fingerprint density at radius 2 is 0.935 bits per heavy atom. The molecule has 1 heteroatoms. The average molecular weight is 431 g/mol.